The SMILES string of the molecule is CC1=C(/C(=N\N(C=O)c2ccc(OC(F)(F)F)cc2)OS(=O)(=O)C(F)(F)F)CC(C)(C)C1. The lowest BCUT2D eigenvalue weighted by molar-refractivity contribution is -0.274. The maximum absolute atomic E-state index is 12.9. The molecule has 0 N–H and O–H groups in total. The normalized spacial score (nSPS) is 17.3. The van der Waals surface area contributed by atoms with Crippen molar-refractivity contribution in [3.63, 3.8) is 0 Å². The molecule has 178 valence electrons. The molecule has 14 heteroatoms. The first-order valence-electron chi connectivity index (χ1n) is 8.83. The molecule has 0 radical (unpaired) electrons. The zero-order chi connectivity index (χ0) is 24.5. The Morgan fingerprint density at radius 1 is 1.09 bits per heavy atom. The highest BCUT2D eigenvalue weighted by Gasteiger charge is 2.50. The Hall–Kier alpha value is -2.77. The van der Waals surface area contributed by atoms with Crippen LogP contribution in [0.15, 0.2) is 40.5 Å². The van der Waals surface area contributed by atoms with Gasteiger partial charge in [-0.1, -0.05) is 19.4 Å². The molecule has 0 unspecified atom stereocenters. The smallest absolute Gasteiger partial charge is 0.406 e. The minimum Gasteiger partial charge on any atom is -0.406 e. The summed E-state index contributed by atoms with van der Waals surface area (Å²) in [6, 6.07) is 3.61. The number of hydrazone groups is 1. The van der Waals surface area contributed by atoms with Crippen LogP contribution in [0.3, 0.4) is 0 Å². The van der Waals surface area contributed by atoms with Crippen molar-refractivity contribution in [2.75, 3.05) is 5.01 Å². The van der Waals surface area contributed by atoms with E-state index in [1.807, 2.05) is 0 Å². The summed E-state index contributed by atoms with van der Waals surface area (Å²) in [6.07, 6.45) is -4.42. The van der Waals surface area contributed by atoms with Crippen molar-refractivity contribution in [2.24, 2.45) is 10.5 Å². The fourth-order valence-corrected chi connectivity index (χ4v) is 3.53. The number of hydrogen-bond acceptors (Lipinski definition) is 6. The highest BCUT2D eigenvalue weighted by Crippen LogP contribution is 2.42. The molecule has 1 aromatic carbocycles. The van der Waals surface area contributed by atoms with E-state index in [1.165, 1.54) is 0 Å². The first-order valence-corrected chi connectivity index (χ1v) is 10.2. The molecule has 1 amide bonds. The molecule has 1 aromatic rings. The molecule has 0 aromatic heterocycles. The number of nitrogens with zero attached hydrogens (tertiary/aromatic N) is 2. The average molecular weight is 488 g/mol. The number of alkyl halides is 6. The predicted octanol–water partition coefficient (Wildman–Crippen LogP) is 4.86. The van der Waals surface area contributed by atoms with Gasteiger partial charge in [0.05, 0.1) is 5.69 Å². The number of allylic oxidation sites excluding steroid dienone is 1. The number of benzene rings is 1. The molecular formula is C18H18F6N2O5S. The third-order valence-corrected chi connectivity index (χ3v) is 5.22. The average Bonchev–Trinajstić information content (AvgIpc) is 2.89. The highest BCUT2D eigenvalue weighted by molar-refractivity contribution is 7.88. The van der Waals surface area contributed by atoms with Crippen LogP contribution >= 0.6 is 0 Å². The van der Waals surface area contributed by atoms with Gasteiger partial charge in [-0.05, 0) is 49.4 Å². The third kappa shape index (κ3) is 6.37. The van der Waals surface area contributed by atoms with E-state index in [9.17, 15) is 39.6 Å². The largest absolute Gasteiger partial charge is 0.573 e. The molecule has 1 aliphatic carbocycles. The van der Waals surface area contributed by atoms with Gasteiger partial charge in [-0.15, -0.1) is 18.3 Å². The van der Waals surface area contributed by atoms with Gasteiger partial charge in [0.1, 0.15) is 5.75 Å². The molecule has 7 nitrogen and oxygen atoms in total. The lowest BCUT2D eigenvalue weighted by atomic mass is 9.89. The molecular weight excluding hydrogens is 470 g/mol. The summed E-state index contributed by atoms with van der Waals surface area (Å²) in [5.74, 6) is -1.59. The van der Waals surface area contributed by atoms with E-state index >= 15 is 0 Å². The maximum Gasteiger partial charge on any atom is 0.573 e. The van der Waals surface area contributed by atoms with E-state index in [0.29, 0.717) is 17.0 Å². The summed E-state index contributed by atoms with van der Waals surface area (Å²) in [4.78, 5) is 11.5. The van der Waals surface area contributed by atoms with Gasteiger partial charge < -0.3 is 8.92 Å². The Balaban J connectivity index is 2.48. The Morgan fingerprint density at radius 3 is 2.06 bits per heavy atom. The van der Waals surface area contributed by atoms with Gasteiger partial charge in [-0.2, -0.15) is 26.6 Å². The van der Waals surface area contributed by atoms with Crippen LogP contribution in [0.4, 0.5) is 32.0 Å². The number of ether oxygens (including phenoxy) is 1. The van der Waals surface area contributed by atoms with Gasteiger partial charge >= 0.3 is 22.0 Å². The number of rotatable bonds is 6. The van der Waals surface area contributed by atoms with Crippen LogP contribution in [0.2, 0.25) is 0 Å². The van der Waals surface area contributed by atoms with Crippen molar-refractivity contribution in [1.29, 1.82) is 0 Å². The second-order valence-electron chi connectivity index (χ2n) is 7.66. The lowest BCUT2D eigenvalue weighted by Crippen LogP contribution is -2.30. The van der Waals surface area contributed by atoms with E-state index < -0.39 is 39.1 Å². The molecule has 0 fully saturated rings. The van der Waals surface area contributed by atoms with E-state index in [0.717, 1.165) is 24.3 Å². The Labute approximate surface area is 179 Å². The molecule has 0 spiro atoms. The van der Waals surface area contributed by atoms with E-state index in [4.69, 9.17) is 0 Å². The molecule has 0 bridgehead atoms. The summed E-state index contributed by atoms with van der Waals surface area (Å²) in [6.45, 7) is 5.13. The Morgan fingerprint density at radius 2 is 1.66 bits per heavy atom. The second kappa shape index (κ2) is 8.64. The summed E-state index contributed by atoms with van der Waals surface area (Å²) >= 11 is 0. The van der Waals surface area contributed by atoms with Crippen molar-refractivity contribution in [3.8, 4) is 5.75 Å². The van der Waals surface area contributed by atoms with Gasteiger partial charge in [0, 0.05) is 5.57 Å². The van der Waals surface area contributed by atoms with E-state index in [-0.39, 0.29) is 24.1 Å². The summed E-state index contributed by atoms with van der Waals surface area (Å²) in [7, 11) is -6.11. The van der Waals surface area contributed by atoms with Gasteiger partial charge in [0.25, 0.3) is 5.90 Å². The number of anilines is 1. The Bertz CT molecular complexity index is 1030. The first kappa shape index (κ1) is 25.5. The standard InChI is InChI=1S/C18H18F6N2O5S/c1-11-8-16(2,3)9-14(11)15(31-32(28,29)18(22,23)24)25-26(10-27)12-4-6-13(7-5-12)30-17(19,20)21/h4-7,10H,8-9H2,1-3H3/b25-15+. The van der Waals surface area contributed by atoms with Crippen LogP contribution in [0, 0.1) is 5.41 Å². The topological polar surface area (TPSA) is 85.3 Å². The third-order valence-electron chi connectivity index (χ3n) is 4.28. The molecule has 0 saturated carbocycles. The van der Waals surface area contributed by atoms with Crippen LogP contribution in [0.5, 0.6) is 5.75 Å². The number of halogens is 6. The molecule has 0 atom stereocenters. The monoisotopic (exact) mass is 488 g/mol. The van der Waals surface area contributed by atoms with E-state index in [2.05, 4.69) is 14.0 Å². The van der Waals surface area contributed by atoms with Crippen molar-refractivity contribution < 1.29 is 48.5 Å². The summed E-state index contributed by atoms with van der Waals surface area (Å²) in [5, 5.41) is 4.06. The molecule has 2 rings (SSSR count). The number of amides is 1. The zero-order valence-corrected chi connectivity index (χ0v) is 17.7. The molecule has 0 aliphatic heterocycles. The van der Waals surface area contributed by atoms with Crippen molar-refractivity contribution in [1.82, 2.24) is 0 Å². The minimum atomic E-state index is -6.11. The van der Waals surface area contributed by atoms with Gasteiger partial charge in [0.2, 0.25) is 6.41 Å². The van der Waals surface area contributed by atoms with Crippen molar-refractivity contribution in [2.45, 2.75) is 45.5 Å². The molecule has 0 saturated heterocycles. The van der Waals surface area contributed by atoms with Gasteiger partial charge in [0.15, 0.2) is 0 Å². The van der Waals surface area contributed by atoms with Crippen molar-refractivity contribution in [3.05, 3.63) is 35.4 Å². The fraction of sp³-hybridized carbons (Fsp3) is 0.444. The maximum atomic E-state index is 12.9. The summed E-state index contributed by atoms with van der Waals surface area (Å²) < 4.78 is 107. The number of hydrogen-bond donors (Lipinski definition) is 0. The molecule has 0 heterocycles. The molecule has 32 heavy (non-hydrogen) atoms. The summed E-state index contributed by atoms with van der Waals surface area (Å²) in [5.41, 5.74) is -5.80. The van der Waals surface area contributed by atoms with E-state index in [1.54, 1.807) is 20.8 Å². The Kier molecular flexibility index (Phi) is 6.88. The van der Waals surface area contributed by atoms with Crippen LogP contribution < -0.4 is 9.75 Å². The number of carbonyl (C=O) groups excluding carboxylic acids is 1. The minimum absolute atomic E-state index is 0.0270. The first-order chi connectivity index (χ1) is 14.4. The van der Waals surface area contributed by atoms with Crippen LogP contribution in [0.1, 0.15) is 33.6 Å². The fourth-order valence-electron chi connectivity index (χ4n) is 3.09. The van der Waals surface area contributed by atoms with Crippen molar-refractivity contribution >= 4 is 28.1 Å². The van der Waals surface area contributed by atoms with Gasteiger partial charge in [-0.3, -0.25) is 4.79 Å². The highest BCUT2D eigenvalue weighted by atomic mass is 32.2. The zero-order valence-electron chi connectivity index (χ0n) is 16.9. The van der Waals surface area contributed by atoms with Crippen LogP contribution in [-0.4, -0.2) is 32.6 Å². The predicted molar refractivity (Wildman–Crippen MR) is 101 cm³/mol. The lowest BCUT2D eigenvalue weighted by Gasteiger charge is -2.19. The second-order valence-corrected chi connectivity index (χ2v) is 9.19. The van der Waals surface area contributed by atoms with Crippen LogP contribution in [0.25, 0.3) is 0 Å². The van der Waals surface area contributed by atoms with Crippen LogP contribution in [-0.2, 0) is 19.1 Å². The molecule has 1 aliphatic rings. The van der Waals surface area contributed by atoms with Gasteiger partial charge in [-0.25, -0.2) is 0 Å². The quantitative estimate of drug-likeness (QED) is 0.109. The number of carbonyl (C=O) groups is 1.